The molecule has 116 valence electrons. The average molecular weight is 308 g/mol. The number of nitrogens with one attached hydrogen (secondary N) is 1. The van der Waals surface area contributed by atoms with Crippen LogP contribution in [0.3, 0.4) is 0 Å². The molecule has 3 rings (SSSR count). The van der Waals surface area contributed by atoms with Gasteiger partial charge in [0.05, 0.1) is 6.54 Å². The molecular formula is C18H16N2O3. The van der Waals surface area contributed by atoms with Crippen LogP contribution in [-0.4, -0.2) is 29.2 Å². The van der Waals surface area contributed by atoms with Crippen molar-refractivity contribution >= 4 is 17.7 Å². The number of nitrogens with zero attached hydrogens (tertiary/aromatic N) is 1. The van der Waals surface area contributed by atoms with Crippen LogP contribution in [0.15, 0.2) is 60.7 Å². The van der Waals surface area contributed by atoms with Gasteiger partial charge in [-0.25, -0.2) is 4.79 Å². The van der Waals surface area contributed by atoms with E-state index in [-0.39, 0.29) is 12.3 Å². The van der Waals surface area contributed by atoms with E-state index in [1.54, 1.807) is 61.5 Å². The van der Waals surface area contributed by atoms with Gasteiger partial charge >= 0.3 is 6.03 Å². The van der Waals surface area contributed by atoms with Crippen molar-refractivity contribution in [1.29, 1.82) is 0 Å². The summed E-state index contributed by atoms with van der Waals surface area (Å²) in [6.07, 6.45) is 0. The van der Waals surface area contributed by atoms with Crippen LogP contribution in [0.1, 0.15) is 22.8 Å². The average Bonchev–Trinajstić information content (AvgIpc) is 2.81. The van der Waals surface area contributed by atoms with E-state index in [1.807, 2.05) is 6.07 Å². The lowest BCUT2D eigenvalue weighted by Gasteiger charge is -2.22. The smallest absolute Gasteiger partial charge is 0.319 e. The summed E-state index contributed by atoms with van der Waals surface area (Å²) in [6, 6.07) is 17.1. The first-order valence-electron chi connectivity index (χ1n) is 7.30. The molecule has 3 amide bonds. The van der Waals surface area contributed by atoms with Gasteiger partial charge in [-0.2, -0.15) is 0 Å². The van der Waals surface area contributed by atoms with E-state index in [2.05, 4.69) is 5.32 Å². The molecule has 1 atom stereocenters. The van der Waals surface area contributed by atoms with Crippen LogP contribution in [0.5, 0.6) is 0 Å². The summed E-state index contributed by atoms with van der Waals surface area (Å²) in [6.45, 7) is 1.38. The first-order valence-corrected chi connectivity index (χ1v) is 7.30. The number of ketones is 1. The highest BCUT2D eigenvalue weighted by molar-refractivity contribution is 6.11. The minimum absolute atomic E-state index is 0.267. The van der Waals surface area contributed by atoms with Gasteiger partial charge in [-0.15, -0.1) is 0 Å². The number of urea groups is 1. The Morgan fingerprint density at radius 2 is 1.57 bits per heavy atom. The Bertz CT molecular complexity index is 758. The van der Waals surface area contributed by atoms with E-state index >= 15 is 0 Å². The van der Waals surface area contributed by atoms with Crippen molar-refractivity contribution in [2.45, 2.75) is 12.5 Å². The lowest BCUT2D eigenvalue weighted by atomic mass is 9.92. The molecule has 0 saturated carbocycles. The van der Waals surface area contributed by atoms with E-state index in [4.69, 9.17) is 0 Å². The first-order chi connectivity index (χ1) is 11.0. The molecule has 5 nitrogen and oxygen atoms in total. The SMILES string of the molecule is C[C@@]1(c2ccccc2)NC(=O)N(CC(=O)c2ccccc2)C1=O. The molecule has 2 aromatic rings. The van der Waals surface area contributed by atoms with E-state index in [0.29, 0.717) is 11.1 Å². The van der Waals surface area contributed by atoms with Gasteiger partial charge < -0.3 is 5.32 Å². The lowest BCUT2D eigenvalue weighted by Crippen LogP contribution is -2.41. The second-order valence-corrected chi connectivity index (χ2v) is 5.60. The maximum absolute atomic E-state index is 12.7. The third kappa shape index (κ3) is 2.61. The van der Waals surface area contributed by atoms with Crippen molar-refractivity contribution in [3.63, 3.8) is 0 Å². The third-order valence-electron chi connectivity index (χ3n) is 4.02. The van der Waals surface area contributed by atoms with Crippen LogP contribution in [0.2, 0.25) is 0 Å². The van der Waals surface area contributed by atoms with Crippen LogP contribution in [-0.2, 0) is 10.3 Å². The minimum Gasteiger partial charge on any atom is -0.319 e. The van der Waals surface area contributed by atoms with Gasteiger partial charge in [0.2, 0.25) is 0 Å². The molecule has 23 heavy (non-hydrogen) atoms. The molecule has 0 aliphatic carbocycles. The summed E-state index contributed by atoms with van der Waals surface area (Å²) in [7, 11) is 0. The summed E-state index contributed by atoms with van der Waals surface area (Å²) >= 11 is 0. The number of hydrogen-bond acceptors (Lipinski definition) is 3. The van der Waals surface area contributed by atoms with E-state index < -0.39 is 17.5 Å². The molecule has 0 aromatic heterocycles. The number of benzene rings is 2. The lowest BCUT2D eigenvalue weighted by molar-refractivity contribution is -0.130. The van der Waals surface area contributed by atoms with Gasteiger partial charge in [0.15, 0.2) is 5.78 Å². The Kier molecular flexibility index (Phi) is 3.70. The maximum Gasteiger partial charge on any atom is 0.325 e. The van der Waals surface area contributed by atoms with Crippen LogP contribution in [0.4, 0.5) is 4.79 Å². The van der Waals surface area contributed by atoms with Gasteiger partial charge in [-0.05, 0) is 12.5 Å². The summed E-state index contributed by atoms with van der Waals surface area (Å²) < 4.78 is 0. The zero-order chi connectivity index (χ0) is 16.4. The molecule has 0 unspecified atom stereocenters. The highest BCUT2D eigenvalue weighted by Crippen LogP contribution is 2.28. The molecule has 1 aliphatic rings. The van der Waals surface area contributed by atoms with Gasteiger partial charge in [0.1, 0.15) is 5.54 Å². The second-order valence-electron chi connectivity index (χ2n) is 5.60. The number of Topliss-reactive ketones (excluding diaryl/α,β-unsaturated/α-hetero) is 1. The molecular weight excluding hydrogens is 292 g/mol. The van der Waals surface area contributed by atoms with Crippen LogP contribution >= 0.6 is 0 Å². The van der Waals surface area contributed by atoms with Gasteiger partial charge in [-0.3, -0.25) is 14.5 Å². The molecule has 1 saturated heterocycles. The van der Waals surface area contributed by atoms with E-state index in [9.17, 15) is 14.4 Å². The molecule has 1 heterocycles. The Balaban J connectivity index is 1.84. The predicted octanol–water partition coefficient (Wildman–Crippen LogP) is 2.34. The Hall–Kier alpha value is -2.95. The highest BCUT2D eigenvalue weighted by atomic mass is 16.2. The van der Waals surface area contributed by atoms with Crippen molar-refractivity contribution in [3.05, 3.63) is 71.8 Å². The fourth-order valence-electron chi connectivity index (χ4n) is 2.67. The van der Waals surface area contributed by atoms with Crippen LogP contribution in [0, 0.1) is 0 Å². The largest absolute Gasteiger partial charge is 0.325 e. The second kappa shape index (κ2) is 5.68. The Morgan fingerprint density at radius 3 is 2.17 bits per heavy atom. The standard InChI is InChI=1S/C18H16N2O3/c1-18(14-10-6-3-7-11-14)16(22)20(17(23)19-18)12-15(21)13-8-4-2-5-9-13/h2-11H,12H2,1H3,(H,19,23)/t18-/m0/s1. The number of amides is 3. The normalized spacial score (nSPS) is 20.5. The molecule has 5 heteroatoms. The van der Waals surface area contributed by atoms with Crippen LogP contribution < -0.4 is 5.32 Å². The van der Waals surface area contributed by atoms with Gasteiger partial charge in [-0.1, -0.05) is 60.7 Å². The monoisotopic (exact) mass is 308 g/mol. The Labute approximate surface area is 133 Å². The number of carbonyl (C=O) groups is 3. The minimum atomic E-state index is -1.14. The number of imide groups is 1. The summed E-state index contributed by atoms with van der Waals surface area (Å²) in [4.78, 5) is 38.1. The van der Waals surface area contributed by atoms with E-state index in [0.717, 1.165) is 4.90 Å². The van der Waals surface area contributed by atoms with Crippen molar-refractivity contribution < 1.29 is 14.4 Å². The number of carbonyl (C=O) groups excluding carboxylic acids is 3. The summed E-state index contributed by atoms with van der Waals surface area (Å²) in [5.41, 5.74) is 0.0180. The molecule has 0 bridgehead atoms. The molecule has 1 fully saturated rings. The van der Waals surface area contributed by atoms with E-state index in [1.165, 1.54) is 0 Å². The molecule has 1 N–H and O–H groups in total. The van der Waals surface area contributed by atoms with Crippen molar-refractivity contribution in [3.8, 4) is 0 Å². The van der Waals surface area contributed by atoms with Crippen molar-refractivity contribution in [2.75, 3.05) is 6.54 Å². The quantitative estimate of drug-likeness (QED) is 0.696. The van der Waals surface area contributed by atoms with Crippen molar-refractivity contribution in [2.24, 2.45) is 0 Å². The number of hydrogen-bond donors (Lipinski definition) is 1. The van der Waals surface area contributed by atoms with Gasteiger partial charge in [0, 0.05) is 5.56 Å². The predicted molar refractivity (Wildman–Crippen MR) is 84.8 cm³/mol. The fourth-order valence-corrected chi connectivity index (χ4v) is 2.67. The molecule has 0 spiro atoms. The van der Waals surface area contributed by atoms with Crippen LogP contribution in [0.25, 0.3) is 0 Å². The highest BCUT2D eigenvalue weighted by Gasteiger charge is 2.49. The topological polar surface area (TPSA) is 66.5 Å². The number of rotatable bonds is 4. The summed E-state index contributed by atoms with van der Waals surface area (Å²) in [5.74, 6) is -0.690. The maximum atomic E-state index is 12.7. The molecule has 0 radical (unpaired) electrons. The van der Waals surface area contributed by atoms with Crippen molar-refractivity contribution in [1.82, 2.24) is 10.2 Å². The zero-order valence-electron chi connectivity index (χ0n) is 12.7. The zero-order valence-corrected chi connectivity index (χ0v) is 12.7. The fraction of sp³-hybridized carbons (Fsp3) is 0.167. The third-order valence-corrected chi connectivity index (χ3v) is 4.02. The van der Waals surface area contributed by atoms with Gasteiger partial charge in [0.25, 0.3) is 5.91 Å². The molecule has 2 aromatic carbocycles. The summed E-state index contributed by atoms with van der Waals surface area (Å²) in [5, 5.41) is 2.69. The molecule has 1 aliphatic heterocycles. The Morgan fingerprint density at radius 1 is 1.00 bits per heavy atom. The first kappa shape index (κ1) is 15.0.